The second-order valence-electron chi connectivity index (χ2n) is 5.75. The van der Waals surface area contributed by atoms with Gasteiger partial charge in [-0.25, -0.2) is 9.78 Å². The monoisotopic (exact) mass is 382 g/mol. The minimum Gasteiger partial charge on any atom is -0.489 e. The minimum atomic E-state index is -1.04. The number of hydrogen-bond acceptors (Lipinski definition) is 8. The number of nitrogens with zero attached hydrogens (tertiary/aromatic N) is 5. The zero-order chi connectivity index (χ0) is 19.0. The van der Waals surface area contributed by atoms with Crippen LogP contribution in [0.15, 0.2) is 35.8 Å². The number of benzene rings is 1. The average Bonchev–Trinajstić information content (AvgIpc) is 3.27. The van der Waals surface area contributed by atoms with Crippen LogP contribution in [0.5, 0.6) is 5.75 Å². The van der Waals surface area contributed by atoms with Crippen molar-refractivity contribution >= 4 is 33.2 Å². The fraction of sp³-hybridized carbons (Fsp3) is 0.118. The number of aromatic nitrogens is 5. The number of rotatable bonds is 5. The second kappa shape index (κ2) is 6.65. The minimum absolute atomic E-state index is 0.131. The number of carbonyl (C=O) groups is 1. The highest BCUT2D eigenvalue weighted by Crippen LogP contribution is 2.33. The molecule has 0 unspecified atom stereocenters. The predicted molar refractivity (Wildman–Crippen MR) is 99.6 cm³/mol. The summed E-state index contributed by atoms with van der Waals surface area (Å²) in [4.78, 5) is 16.7. The highest BCUT2D eigenvalue weighted by molar-refractivity contribution is 7.17. The Morgan fingerprint density at radius 3 is 3.00 bits per heavy atom. The largest absolute Gasteiger partial charge is 0.489 e. The molecular weight excluding hydrogens is 368 g/mol. The van der Waals surface area contributed by atoms with Crippen molar-refractivity contribution < 1.29 is 14.6 Å². The summed E-state index contributed by atoms with van der Waals surface area (Å²) >= 11 is 1.31. The Morgan fingerprint density at radius 2 is 2.26 bits per heavy atom. The summed E-state index contributed by atoms with van der Waals surface area (Å²) < 4.78 is 6.46. The molecule has 4 aromatic rings. The van der Waals surface area contributed by atoms with Gasteiger partial charge in [-0.3, -0.25) is 0 Å². The van der Waals surface area contributed by atoms with E-state index in [9.17, 15) is 9.90 Å². The Balaban J connectivity index is 1.61. The molecule has 0 bridgehead atoms. The van der Waals surface area contributed by atoms with Crippen LogP contribution in [0.1, 0.15) is 15.9 Å². The van der Waals surface area contributed by atoms with Crippen LogP contribution in [-0.4, -0.2) is 36.3 Å². The zero-order valence-corrected chi connectivity index (χ0v) is 15.0. The van der Waals surface area contributed by atoms with Crippen molar-refractivity contribution in [3.8, 4) is 17.1 Å². The molecule has 0 aliphatic carbocycles. The van der Waals surface area contributed by atoms with Gasteiger partial charge < -0.3 is 15.6 Å². The summed E-state index contributed by atoms with van der Waals surface area (Å²) in [5, 5.41) is 23.7. The number of thiophene rings is 1. The van der Waals surface area contributed by atoms with E-state index in [2.05, 4.69) is 20.4 Å². The van der Waals surface area contributed by atoms with E-state index in [1.165, 1.54) is 22.3 Å². The van der Waals surface area contributed by atoms with Gasteiger partial charge >= 0.3 is 5.97 Å². The van der Waals surface area contributed by atoms with Crippen LogP contribution in [0, 0.1) is 0 Å². The zero-order valence-electron chi connectivity index (χ0n) is 14.2. The lowest BCUT2D eigenvalue weighted by Gasteiger charge is -2.07. The van der Waals surface area contributed by atoms with Crippen LogP contribution in [0.3, 0.4) is 0 Å². The number of nitrogen functional groups attached to an aromatic ring is 1. The Labute approximate surface area is 157 Å². The molecule has 0 fully saturated rings. The van der Waals surface area contributed by atoms with Gasteiger partial charge in [-0.1, -0.05) is 12.1 Å². The number of pyridine rings is 1. The first kappa shape index (κ1) is 16.9. The molecule has 0 aliphatic heterocycles. The topological polar surface area (TPSA) is 129 Å². The van der Waals surface area contributed by atoms with Gasteiger partial charge in [-0.05, 0) is 22.7 Å². The van der Waals surface area contributed by atoms with E-state index < -0.39 is 5.97 Å². The molecule has 0 aliphatic rings. The maximum absolute atomic E-state index is 11.4. The molecule has 10 heteroatoms. The Hall–Kier alpha value is -3.53. The van der Waals surface area contributed by atoms with Gasteiger partial charge in [0.1, 0.15) is 18.2 Å². The van der Waals surface area contributed by atoms with Crippen molar-refractivity contribution in [1.29, 1.82) is 0 Å². The van der Waals surface area contributed by atoms with Gasteiger partial charge in [0.25, 0.3) is 0 Å². The maximum atomic E-state index is 11.4. The summed E-state index contributed by atoms with van der Waals surface area (Å²) in [6.07, 6.45) is 1.28. The molecule has 27 heavy (non-hydrogen) atoms. The number of aryl methyl sites for hydroxylation is 1. The van der Waals surface area contributed by atoms with Crippen LogP contribution in [-0.2, 0) is 13.7 Å². The molecule has 4 rings (SSSR count). The number of tetrazole rings is 1. The Kier molecular flexibility index (Phi) is 4.16. The Bertz CT molecular complexity index is 1150. The summed E-state index contributed by atoms with van der Waals surface area (Å²) in [6.45, 7) is 0.228. The summed E-state index contributed by atoms with van der Waals surface area (Å²) in [5.41, 5.74) is 7.66. The second-order valence-corrected chi connectivity index (χ2v) is 6.63. The van der Waals surface area contributed by atoms with Crippen LogP contribution >= 0.6 is 11.3 Å². The van der Waals surface area contributed by atoms with Gasteiger partial charge in [0.05, 0.1) is 17.3 Å². The number of carboxylic acids is 1. The molecule has 0 amide bonds. The average molecular weight is 382 g/mol. The molecule has 136 valence electrons. The molecule has 3 N–H and O–H groups in total. The van der Waals surface area contributed by atoms with E-state index in [0.717, 1.165) is 11.1 Å². The molecule has 3 aromatic heterocycles. The summed E-state index contributed by atoms with van der Waals surface area (Å²) in [5.74, 6) is 0.377. The first-order valence-corrected chi connectivity index (χ1v) is 8.76. The molecular formula is C17H14N6O3S. The van der Waals surface area contributed by atoms with E-state index in [1.807, 2.05) is 29.6 Å². The van der Waals surface area contributed by atoms with E-state index in [4.69, 9.17) is 10.5 Å². The van der Waals surface area contributed by atoms with E-state index >= 15 is 0 Å². The predicted octanol–water partition coefficient (Wildman–Crippen LogP) is 2.35. The molecule has 9 nitrogen and oxygen atoms in total. The first-order valence-electron chi connectivity index (χ1n) is 7.88. The van der Waals surface area contributed by atoms with Gasteiger partial charge in [-0.15, -0.1) is 21.5 Å². The maximum Gasteiger partial charge on any atom is 0.338 e. The van der Waals surface area contributed by atoms with E-state index in [-0.39, 0.29) is 18.0 Å². The molecule has 1 aromatic carbocycles. The van der Waals surface area contributed by atoms with Gasteiger partial charge in [0, 0.05) is 22.7 Å². The lowest BCUT2D eigenvalue weighted by atomic mass is 10.1. The van der Waals surface area contributed by atoms with Gasteiger partial charge in [0.15, 0.2) is 0 Å². The lowest BCUT2D eigenvalue weighted by Crippen LogP contribution is -2.02. The smallest absolute Gasteiger partial charge is 0.338 e. The number of aromatic carboxylic acids is 1. The molecule has 0 saturated heterocycles. The lowest BCUT2D eigenvalue weighted by molar-refractivity contribution is 0.0699. The molecule has 0 saturated carbocycles. The molecule has 0 spiro atoms. The highest BCUT2D eigenvalue weighted by Gasteiger charge is 2.17. The van der Waals surface area contributed by atoms with Crippen LogP contribution in [0.2, 0.25) is 0 Å². The number of anilines is 1. The van der Waals surface area contributed by atoms with Gasteiger partial charge in [-0.2, -0.15) is 4.80 Å². The normalized spacial score (nSPS) is 11.0. The van der Waals surface area contributed by atoms with Crippen molar-refractivity contribution in [2.45, 2.75) is 6.61 Å². The number of fused-ring (bicyclic) bond motifs is 1. The van der Waals surface area contributed by atoms with E-state index in [1.54, 1.807) is 7.05 Å². The molecule has 0 atom stereocenters. The molecule has 0 radical (unpaired) electrons. The molecule has 3 heterocycles. The summed E-state index contributed by atoms with van der Waals surface area (Å²) in [7, 11) is 1.70. The van der Waals surface area contributed by atoms with Gasteiger partial charge in [0.2, 0.25) is 5.82 Å². The van der Waals surface area contributed by atoms with Crippen molar-refractivity contribution in [3.63, 3.8) is 0 Å². The quantitative estimate of drug-likeness (QED) is 0.538. The number of hydrogen-bond donors (Lipinski definition) is 2. The number of nitrogens with two attached hydrogens (primary N) is 1. The van der Waals surface area contributed by atoms with Crippen LogP contribution in [0.4, 0.5) is 5.82 Å². The van der Waals surface area contributed by atoms with Crippen molar-refractivity contribution in [2.75, 3.05) is 5.73 Å². The third-order valence-electron chi connectivity index (χ3n) is 3.93. The highest BCUT2D eigenvalue weighted by atomic mass is 32.1. The standard InChI is InChI=1S/C17H14N6O3S/c1-23-21-16(20-22-23)9-3-2-4-11(5-9)26-7-10-8-27-14-12(17(24)25)6-19-15(18)13(10)14/h2-6,8H,7H2,1H3,(H2,18,19)(H,24,25). The third-order valence-corrected chi connectivity index (χ3v) is 4.99. The van der Waals surface area contributed by atoms with Crippen molar-refractivity contribution in [1.82, 2.24) is 25.2 Å². The fourth-order valence-electron chi connectivity index (χ4n) is 2.67. The number of ether oxygens (including phenoxy) is 1. The first-order chi connectivity index (χ1) is 13.0. The fourth-order valence-corrected chi connectivity index (χ4v) is 3.74. The SMILES string of the molecule is Cn1nnc(-c2cccc(OCc3csc4c(C(=O)O)cnc(N)c34)c2)n1. The third kappa shape index (κ3) is 3.17. The summed E-state index contributed by atoms with van der Waals surface area (Å²) in [6, 6.07) is 7.34. The Morgan fingerprint density at radius 1 is 1.41 bits per heavy atom. The number of carboxylic acid groups (broad SMARTS) is 1. The van der Waals surface area contributed by atoms with E-state index in [0.29, 0.717) is 21.7 Å². The van der Waals surface area contributed by atoms with Crippen LogP contribution in [0.25, 0.3) is 21.5 Å². The van der Waals surface area contributed by atoms with Crippen LogP contribution < -0.4 is 10.5 Å². The van der Waals surface area contributed by atoms with Crippen molar-refractivity contribution in [2.24, 2.45) is 7.05 Å². The van der Waals surface area contributed by atoms with Crippen molar-refractivity contribution in [3.05, 3.63) is 47.0 Å².